The van der Waals surface area contributed by atoms with Crippen molar-refractivity contribution in [2.24, 2.45) is 5.92 Å². The number of hydrogen-bond acceptors (Lipinski definition) is 4. The lowest BCUT2D eigenvalue weighted by Gasteiger charge is -2.31. The lowest BCUT2D eigenvalue weighted by Crippen LogP contribution is -2.32. The predicted molar refractivity (Wildman–Crippen MR) is 187 cm³/mol. The van der Waals surface area contributed by atoms with Gasteiger partial charge in [0.1, 0.15) is 11.6 Å². The minimum Gasteiger partial charge on any atom is -0.493 e. The van der Waals surface area contributed by atoms with Crippen LogP contribution in [0.5, 0.6) is 5.75 Å². The van der Waals surface area contributed by atoms with Crippen LogP contribution in [-0.4, -0.2) is 54.2 Å². The topological polar surface area (TPSA) is 23.9 Å². The van der Waals surface area contributed by atoms with Crippen molar-refractivity contribution < 1.29 is 13.5 Å². The second kappa shape index (κ2) is 16.3. The molecule has 2 aliphatic rings. The van der Waals surface area contributed by atoms with Gasteiger partial charge in [-0.1, -0.05) is 77.8 Å². The van der Waals surface area contributed by atoms with Crippen molar-refractivity contribution in [3.63, 3.8) is 0 Å². The van der Waals surface area contributed by atoms with E-state index in [1.807, 2.05) is 61.9 Å². The van der Waals surface area contributed by atoms with Crippen LogP contribution in [0.4, 0.5) is 14.6 Å². The summed E-state index contributed by atoms with van der Waals surface area (Å²) in [5, 5.41) is 0. The smallest absolute Gasteiger partial charge is 0.174 e. The van der Waals surface area contributed by atoms with Crippen molar-refractivity contribution in [3.05, 3.63) is 115 Å². The molecule has 1 unspecified atom stereocenters. The first-order chi connectivity index (χ1) is 21.5. The fraction of sp³-hybridized carbons (Fsp3) is 0.368. The van der Waals surface area contributed by atoms with Gasteiger partial charge in [-0.2, -0.15) is 0 Å². The molecule has 1 aromatic carbocycles. The number of anilines is 1. The summed E-state index contributed by atoms with van der Waals surface area (Å²) in [4.78, 5) is 6.14. The van der Waals surface area contributed by atoms with Crippen molar-refractivity contribution in [3.8, 4) is 16.9 Å². The summed E-state index contributed by atoms with van der Waals surface area (Å²) in [6, 6.07) is 7.86. The highest BCUT2D eigenvalue weighted by Crippen LogP contribution is 2.43. The molecule has 242 valence electrons. The molecule has 1 aromatic heterocycles. The lowest BCUT2D eigenvalue weighted by atomic mass is 10.0. The second-order valence-corrected chi connectivity index (χ2v) is 11.7. The zero-order valence-corrected chi connectivity index (χ0v) is 28.1. The van der Waals surface area contributed by atoms with Crippen molar-refractivity contribution in [2.75, 3.05) is 38.7 Å². The Hall–Kier alpha value is -4.10. The van der Waals surface area contributed by atoms with Crippen LogP contribution in [0.25, 0.3) is 16.8 Å². The van der Waals surface area contributed by atoms with Crippen LogP contribution < -0.4 is 9.64 Å². The highest BCUT2D eigenvalue weighted by Gasteiger charge is 2.32. The molecule has 0 amide bonds. The van der Waals surface area contributed by atoms with Crippen molar-refractivity contribution in [1.29, 1.82) is 0 Å². The molecule has 0 bridgehead atoms. The molecule has 0 spiro atoms. The zero-order valence-electron chi connectivity index (χ0n) is 28.1. The van der Waals surface area contributed by atoms with E-state index >= 15 is 4.39 Å². The summed E-state index contributed by atoms with van der Waals surface area (Å²) in [6.45, 7) is 23.8. The van der Waals surface area contributed by atoms with Gasteiger partial charge in [-0.25, -0.2) is 8.78 Å². The number of ether oxygens (including phenoxy) is 1. The lowest BCUT2D eigenvalue weighted by molar-refractivity contribution is 0.271. The van der Waals surface area contributed by atoms with Gasteiger partial charge >= 0.3 is 0 Å². The third kappa shape index (κ3) is 8.34. The Morgan fingerprint density at radius 3 is 2.40 bits per heavy atom. The number of hydrogen-bond donors (Lipinski definition) is 0. The first-order valence-electron chi connectivity index (χ1n) is 15.8. The summed E-state index contributed by atoms with van der Waals surface area (Å²) in [5.74, 6) is 0.587. The molecule has 5 nitrogen and oxygen atoms in total. The number of fused-ring (bicyclic) bond motifs is 1. The molecule has 2 aromatic rings. The molecular weight excluding hydrogens is 566 g/mol. The van der Waals surface area contributed by atoms with Gasteiger partial charge in [0.05, 0.1) is 13.2 Å². The van der Waals surface area contributed by atoms with Crippen molar-refractivity contribution >= 4 is 11.5 Å². The molecule has 0 N–H and O–H groups in total. The number of likely N-dealkylation sites (N-methyl/N-ethyl adjacent to an activating group) is 1. The van der Waals surface area contributed by atoms with E-state index in [1.165, 1.54) is 6.08 Å². The molecule has 0 saturated carbocycles. The number of halogens is 2. The van der Waals surface area contributed by atoms with E-state index in [2.05, 4.69) is 75.8 Å². The quantitative estimate of drug-likeness (QED) is 0.209. The van der Waals surface area contributed by atoms with Crippen LogP contribution in [0.1, 0.15) is 46.7 Å². The van der Waals surface area contributed by atoms with Gasteiger partial charge in [0, 0.05) is 54.9 Å². The third-order valence-corrected chi connectivity index (χ3v) is 7.85. The van der Waals surface area contributed by atoms with Gasteiger partial charge in [0.25, 0.3) is 0 Å². The summed E-state index contributed by atoms with van der Waals surface area (Å²) in [5.41, 5.74) is 3.89. The Morgan fingerprint density at radius 2 is 1.80 bits per heavy atom. The van der Waals surface area contributed by atoms with E-state index in [9.17, 15) is 4.39 Å². The number of allylic oxidation sites excluding steroid dienone is 6. The van der Waals surface area contributed by atoms with E-state index in [0.29, 0.717) is 47.8 Å². The first kappa shape index (κ1) is 35.4. The van der Waals surface area contributed by atoms with Crippen LogP contribution in [-0.2, 0) is 6.54 Å². The Labute approximate surface area is 269 Å². The Balaban J connectivity index is 0.00000271. The largest absolute Gasteiger partial charge is 0.493 e. The Bertz CT molecular complexity index is 1480. The number of benzene rings is 1. The van der Waals surface area contributed by atoms with Crippen LogP contribution in [0.2, 0.25) is 0 Å². The molecule has 3 heterocycles. The molecule has 4 rings (SSSR count). The van der Waals surface area contributed by atoms with Crippen molar-refractivity contribution in [2.45, 2.75) is 53.6 Å². The van der Waals surface area contributed by atoms with Gasteiger partial charge in [0.2, 0.25) is 0 Å². The molecule has 0 fully saturated rings. The average molecular weight is 617 g/mol. The minimum atomic E-state index is -0.488. The number of rotatable bonds is 13. The second-order valence-electron chi connectivity index (χ2n) is 11.7. The SMILES string of the molecule is C=C/C(F)=C(\C=C)CN1C=C(C)C(=C)n2c(CN(C)CCC3C=CC=CN3C)c(-c3ccc(OCC(C)C)cc3)c(F)c21.CC. The zero-order chi connectivity index (χ0) is 33.3. The molecule has 0 radical (unpaired) electrons. The Morgan fingerprint density at radius 1 is 1.11 bits per heavy atom. The van der Waals surface area contributed by atoms with E-state index < -0.39 is 5.83 Å². The van der Waals surface area contributed by atoms with E-state index in [4.69, 9.17) is 4.74 Å². The van der Waals surface area contributed by atoms with Gasteiger partial charge in [-0.05, 0) is 67.9 Å². The predicted octanol–water partition coefficient (Wildman–Crippen LogP) is 9.35. The summed E-state index contributed by atoms with van der Waals surface area (Å²) < 4.78 is 39.2. The monoisotopic (exact) mass is 616 g/mol. The third-order valence-electron chi connectivity index (χ3n) is 7.85. The fourth-order valence-corrected chi connectivity index (χ4v) is 5.38. The molecule has 45 heavy (non-hydrogen) atoms. The van der Waals surface area contributed by atoms with E-state index in [1.54, 1.807) is 4.90 Å². The van der Waals surface area contributed by atoms with Crippen LogP contribution in [0, 0.1) is 11.7 Å². The molecular formula is C38H50F2N4O. The minimum absolute atomic E-state index is 0.0947. The molecule has 0 saturated heterocycles. The number of nitrogens with zero attached hydrogens (tertiary/aromatic N) is 4. The van der Waals surface area contributed by atoms with Gasteiger partial charge in [-0.15, -0.1) is 0 Å². The van der Waals surface area contributed by atoms with Crippen molar-refractivity contribution in [1.82, 2.24) is 14.4 Å². The van der Waals surface area contributed by atoms with E-state index in [-0.39, 0.29) is 12.4 Å². The molecule has 2 aliphatic heterocycles. The summed E-state index contributed by atoms with van der Waals surface area (Å²) >= 11 is 0. The van der Waals surface area contributed by atoms with Crippen LogP contribution >= 0.6 is 0 Å². The summed E-state index contributed by atoms with van der Waals surface area (Å²) in [6.07, 6.45) is 13.7. The maximum Gasteiger partial charge on any atom is 0.174 e. The summed E-state index contributed by atoms with van der Waals surface area (Å²) in [7, 11) is 4.13. The average Bonchev–Trinajstić information content (AvgIpc) is 3.32. The molecule has 7 heteroatoms. The number of aromatic nitrogens is 1. The van der Waals surface area contributed by atoms with Gasteiger partial charge in [-0.3, -0.25) is 4.57 Å². The highest BCUT2D eigenvalue weighted by molar-refractivity contribution is 5.82. The first-order valence-corrected chi connectivity index (χ1v) is 15.8. The van der Waals surface area contributed by atoms with Crippen LogP contribution in [0.15, 0.2) is 104 Å². The van der Waals surface area contributed by atoms with E-state index in [0.717, 1.165) is 41.6 Å². The fourth-order valence-electron chi connectivity index (χ4n) is 5.38. The standard InChI is InChI=1S/C36H44F2N4O.C2H6/c1-9-28(32(37)10-2)22-41-21-26(5)27(6)42-33(23-39(7)20-18-30-13-11-12-19-40(30)8)34(35(38)36(41)42)29-14-16-31(17-15-29)43-24-25(3)4;1-2/h9-17,19,21,25,30H,1-2,6,18,20,22-24H2,3-5,7-8H3;1-2H3/b32-28-;. The molecule has 1 atom stereocenters. The van der Waals surface area contributed by atoms with Gasteiger partial charge < -0.3 is 19.4 Å². The highest BCUT2D eigenvalue weighted by atomic mass is 19.1. The van der Waals surface area contributed by atoms with Crippen LogP contribution in [0.3, 0.4) is 0 Å². The maximum absolute atomic E-state index is 16.8. The normalized spacial score (nSPS) is 16.3. The molecule has 0 aliphatic carbocycles. The van der Waals surface area contributed by atoms with Gasteiger partial charge in [0.15, 0.2) is 11.6 Å². The maximum atomic E-state index is 16.8. The Kier molecular flexibility index (Phi) is 12.8.